The summed E-state index contributed by atoms with van der Waals surface area (Å²) in [6.45, 7) is 1.77. The van der Waals surface area contributed by atoms with E-state index in [-0.39, 0.29) is 12.1 Å². The summed E-state index contributed by atoms with van der Waals surface area (Å²) in [6.07, 6.45) is 1.07. The lowest BCUT2D eigenvalue weighted by Gasteiger charge is -2.41. The van der Waals surface area contributed by atoms with E-state index < -0.39 is 0 Å². The van der Waals surface area contributed by atoms with Crippen LogP contribution in [0.4, 0.5) is 0 Å². The van der Waals surface area contributed by atoms with E-state index in [4.69, 9.17) is 4.74 Å². The van der Waals surface area contributed by atoms with Crippen molar-refractivity contribution in [1.82, 2.24) is 4.90 Å². The highest BCUT2D eigenvalue weighted by molar-refractivity contribution is 7.16. The zero-order chi connectivity index (χ0) is 13.8. The van der Waals surface area contributed by atoms with Gasteiger partial charge in [0.15, 0.2) is 0 Å². The molecular weight excluding hydrogens is 265 g/mol. The van der Waals surface area contributed by atoms with Gasteiger partial charge in [-0.05, 0) is 11.1 Å². The average molecular weight is 285 g/mol. The monoisotopic (exact) mass is 285 g/mol. The van der Waals surface area contributed by atoms with Gasteiger partial charge in [0.2, 0.25) is 0 Å². The van der Waals surface area contributed by atoms with Crippen LogP contribution in [0.3, 0.4) is 0 Å². The van der Waals surface area contributed by atoms with Crippen molar-refractivity contribution < 1.29 is 4.74 Å². The minimum absolute atomic E-state index is 0.105. The summed E-state index contributed by atoms with van der Waals surface area (Å²) in [5, 5.41) is 0. The molecule has 20 heavy (non-hydrogen) atoms. The lowest BCUT2D eigenvalue weighted by atomic mass is 9.93. The molecule has 3 unspecified atom stereocenters. The summed E-state index contributed by atoms with van der Waals surface area (Å²) >= 11 is 0. The van der Waals surface area contributed by atoms with Crippen molar-refractivity contribution >= 4 is 9.24 Å². The third-order valence-electron chi connectivity index (χ3n) is 3.86. The van der Waals surface area contributed by atoms with Crippen LogP contribution >= 0.6 is 9.24 Å². The molecule has 0 amide bonds. The Bertz CT molecular complexity index is 531. The van der Waals surface area contributed by atoms with Crippen LogP contribution in [-0.4, -0.2) is 24.3 Å². The summed E-state index contributed by atoms with van der Waals surface area (Å²) < 4.78 is 6.11. The Kier molecular flexibility index (Phi) is 4.47. The van der Waals surface area contributed by atoms with E-state index in [2.05, 4.69) is 74.8 Å². The third-order valence-corrected chi connectivity index (χ3v) is 4.33. The Hall–Kier alpha value is -1.21. The van der Waals surface area contributed by atoms with E-state index in [0.29, 0.717) is 0 Å². The van der Waals surface area contributed by atoms with Crippen LogP contribution < -0.4 is 0 Å². The lowest BCUT2D eigenvalue weighted by Crippen LogP contribution is -2.40. The molecule has 3 atom stereocenters. The van der Waals surface area contributed by atoms with Gasteiger partial charge in [-0.3, -0.25) is 4.90 Å². The van der Waals surface area contributed by atoms with Gasteiger partial charge in [0.25, 0.3) is 0 Å². The lowest BCUT2D eigenvalue weighted by molar-refractivity contribution is -0.0679. The number of morpholine rings is 1. The Morgan fingerprint density at radius 3 is 2.15 bits per heavy atom. The van der Waals surface area contributed by atoms with Gasteiger partial charge in [-0.15, -0.1) is 9.24 Å². The van der Waals surface area contributed by atoms with Crippen LogP contribution in [0.2, 0.25) is 0 Å². The Balaban J connectivity index is 1.98. The highest BCUT2D eigenvalue weighted by Gasteiger charge is 2.33. The fourth-order valence-corrected chi connectivity index (χ4v) is 3.29. The number of rotatable bonds is 3. The fourth-order valence-electron chi connectivity index (χ4n) is 2.88. The van der Waals surface area contributed by atoms with E-state index in [1.54, 1.807) is 0 Å². The third kappa shape index (κ3) is 2.78. The van der Waals surface area contributed by atoms with Gasteiger partial charge < -0.3 is 4.74 Å². The molecular formula is C17H20NOP. The SMILES string of the molecule is PCN1CCOC(c2ccccc2)C1c1ccccc1. The molecule has 0 bridgehead atoms. The van der Waals surface area contributed by atoms with Gasteiger partial charge in [-0.25, -0.2) is 0 Å². The second-order valence-electron chi connectivity index (χ2n) is 5.05. The van der Waals surface area contributed by atoms with Crippen LogP contribution in [0.1, 0.15) is 23.3 Å². The van der Waals surface area contributed by atoms with Crippen molar-refractivity contribution in [3.63, 3.8) is 0 Å². The quantitative estimate of drug-likeness (QED) is 0.798. The number of ether oxygens (including phenoxy) is 1. The minimum atomic E-state index is 0.105. The maximum Gasteiger partial charge on any atom is 0.102 e. The van der Waals surface area contributed by atoms with Gasteiger partial charge >= 0.3 is 0 Å². The van der Waals surface area contributed by atoms with E-state index in [1.165, 1.54) is 11.1 Å². The van der Waals surface area contributed by atoms with Crippen LogP contribution in [0.25, 0.3) is 0 Å². The number of hydrogen-bond donors (Lipinski definition) is 0. The van der Waals surface area contributed by atoms with Crippen LogP contribution in [0, 0.1) is 0 Å². The fraction of sp³-hybridized carbons (Fsp3) is 0.294. The predicted octanol–water partition coefficient (Wildman–Crippen LogP) is 3.63. The van der Waals surface area contributed by atoms with E-state index >= 15 is 0 Å². The second-order valence-corrected chi connectivity index (χ2v) is 5.42. The van der Waals surface area contributed by atoms with E-state index in [1.807, 2.05) is 0 Å². The summed E-state index contributed by atoms with van der Waals surface area (Å²) in [6, 6.07) is 21.5. The first-order chi connectivity index (χ1) is 9.90. The van der Waals surface area contributed by atoms with Crippen LogP contribution in [0.5, 0.6) is 0 Å². The molecule has 3 heteroatoms. The summed E-state index contributed by atoms with van der Waals surface area (Å²) in [5.41, 5.74) is 2.58. The summed E-state index contributed by atoms with van der Waals surface area (Å²) in [4.78, 5) is 2.47. The maximum atomic E-state index is 6.11. The number of nitrogens with zero attached hydrogens (tertiary/aromatic N) is 1. The molecule has 1 aliphatic heterocycles. The second kappa shape index (κ2) is 6.49. The zero-order valence-electron chi connectivity index (χ0n) is 11.5. The van der Waals surface area contributed by atoms with Gasteiger partial charge in [0, 0.05) is 12.8 Å². The molecule has 0 aromatic heterocycles. The first kappa shape index (κ1) is 13.8. The maximum absolute atomic E-state index is 6.11. The topological polar surface area (TPSA) is 12.5 Å². The molecule has 2 aromatic rings. The largest absolute Gasteiger partial charge is 0.370 e. The molecule has 0 spiro atoms. The normalized spacial score (nSPS) is 23.6. The molecule has 0 N–H and O–H groups in total. The van der Waals surface area contributed by atoms with Crippen LogP contribution in [0.15, 0.2) is 60.7 Å². The summed E-state index contributed by atoms with van der Waals surface area (Å²) in [7, 11) is 2.84. The zero-order valence-corrected chi connectivity index (χ0v) is 12.6. The van der Waals surface area contributed by atoms with Gasteiger partial charge in [-0.1, -0.05) is 60.7 Å². The van der Waals surface area contributed by atoms with E-state index in [0.717, 1.165) is 19.4 Å². The Morgan fingerprint density at radius 2 is 1.55 bits per heavy atom. The average Bonchev–Trinajstić information content (AvgIpc) is 2.55. The van der Waals surface area contributed by atoms with E-state index in [9.17, 15) is 0 Å². The number of benzene rings is 2. The van der Waals surface area contributed by atoms with Gasteiger partial charge in [-0.2, -0.15) is 0 Å². The molecule has 104 valence electrons. The standard InChI is InChI=1S/C17H20NOP/c20-13-18-11-12-19-17(15-9-5-2-6-10-15)16(18)14-7-3-1-4-8-14/h1-10,16-17H,11-13,20H2. The smallest absolute Gasteiger partial charge is 0.102 e. The van der Waals surface area contributed by atoms with Gasteiger partial charge in [0.05, 0.1) is 12.6 Å². The van der Waals surface area contributed by atoms with Crippen molar-refractivity contribution in [3.8, 4) is 0 Å². The first-order valence-electron chi connectivity index (χ1n) is 7.06. The van der Waals surface area contributed by atoms with Crippen molar-refractivity contribution in [2.75, 3.05) is 19.4 Å². The molecule has 3 rings (SSSR count). The van der Waals surface area contributed by atoms with Crippen molar-refractivity contribution in [2.45, 2.75) is 12.1 Å². The predicted molar refractivity (Wildman–Crippen MR) is 85.6 cm³/mol. The molecule has 1 heterocycles. The first-order valence-corrected chi connectivity index (χ1v) is 7.87. The molecule has 1 aliphatic rings. The van der Waals surface area contributed by atoms with Crippen molar-refractivity contribution in [1.29, 1.82) is 0 Å². The van der Waals surface area contributed by atoms with Crippen molar-refractivity contribution in [3.05, 3.63) is 71.8 Å². The molecule has 2 aromatic carbocycles. The molecule has 0 radical (unpaired) electrons. The molecule has 1 saturated heterocycles. The molecule has 1 fully saturated rings. The molecule has 2 nitrogen and oxygen atoms in total. The minimum Gasteiger partial charge on any atom is -0.370 e. The Labute approximate surface area is 123 Å². The van der Waals surface area contributed by atoms with Crippen LogP contribution in [-0.2, 0) is 4.74 Å². The molecule has 0 aliphatic carbocycles. The highest BCUT2D eigenvalue weighted by atomic mass is 31.0. The van der Waals surface area contributed by atoms with Gasteiger partial charge in [0.1, 0.15) is 6.10 Å². The van der Waals surface area contributed by atoms with Crippen molar-refractivity contribution in [2.24, 2.45) is 0 Å². The highest BCUT2D eigenvalue weighted by Crippen LogP contribution is 2.39. The number of hydrogen-bond acceptors (Lipinski definition) is 2. The summed E-state index contributed by atoms with van der Waals surface area (Å²) in [5.74, 6) is 0. The Morgan fingerprint density at radius 1 is 0.950 bits per heavy atom. The molecule has 0 saturated carbocycles.